The summed E-state index contributed by atoms with van der Waals surface area (Å²) in [6, 6.07) is 81.6. The summed E-state index contributed by atoms with van der Waals surface area (Å²) in [5.74, 6) is 1.55. The van der Waals surface area contributed by atoms with Crippen LogP contribution < -0.4 is 10.5 Å². The van der Waals surface area contributed by atoms with Crippen molar-refractivity contribution in [2.75, 3.05) is 0 Å². The molecule has 89 heavy (non-hydrogen) atoms. The lowest BCUT2D eigenvalue weighted by atomic mass is 9.94. The Morgan fingerprint density at radius 2 is 0.854 bits per heavy atom. The van der Waals surface area contributed by atoms with E-state index < -0.39 is 0 Å². The zero-order chi connectivity index (χ0) is 59.4. The van der Waals surface area contributed by atoms with Crippen LogP contribution in [0.1, 0.15) is 30.4 Å². The third kappa shape index (κ3) is 9.72. The molecule has 5 aromatic heterocycles. The maximum absolute atomic E-state index is 6.81. The van der Waals surface area contributed by atoms with Crippen LogP contribution in [-0.4, -0.2) is 24.1 Å². The van der Waals surface area contributed by atoms with E-state index in [1.54, 1.807) is 6.20 Å². The number of pyridine rings is 3. The molecule has 1 aliphatic heterocycles. The number of allylic oxidation sites excluding steroid dienone is 8. The predicted molar refractivity (Wildman–Crippen MR) is 368 cm³/mol. The van der Waals surface area contributed by atoms with Gasteiger partial charge in [0.05, 0.1) is 22.1 Å². The van der Waals surface area contributed by atoms with E-state index in [1.807, 2.05) is 55.4 Å². The molecule has 0 fully saturated rings. The van der Waals surface area contributed by atoms with Crippen molar-refractivity contribution in [3.8, 4) is 89.3 Å². The highest BCUT2D eigenvalue weighted by Crippen LogP contribution is 2.45. The maximum atomic E-state index is 6.81. The topological polar surface area (TPSA) is 83.8 Å². The van der Waals surface area contributed by atoms with Gasteiger partial charge in [-0.1, -0.05) is 134 Å². The Labute approximate surface area is 516 Å². The van der Waals surface area contributed by atoms with Gasteiger partial charge in [-0.2, -0.15) is 0 Å². The fraction of sp³-hybridized carbons (Fsp3) is 0.0366. The average molecular weight is 1140 g/mol. The lowest BCUT2D eigenvalue weighted by molar-refractivity contribution is 0.424. The van der Waals surface area contributed by atoms with Crippen molar-refractivity contribution in [3.05, 3.63) is 321 Å². The van der Waals surface area contributed by atoms with E-state index in [0.29, 0.717) is 0 Å². The second kappa shape index (κ2) is 22.3. The molecule has 16 rings (SSSR count). The first-order valence-electron chi connectivity index (χ1n) is 30.3. The van der Waals surface area contributed by atoms with E-state index >= 15 is 0 Å². The molecular weight excluding hydrogens is 1080 g/mol. The zero-order valence-electron chi connectivity index (χ0n) is 48.9. The van der Waals surface area contributed by atoms with Crippen LogP contribution in [-0.2, 0) is 0 Å². The summed E-state index contributed by atoms with van der Waals surface area (Å²) in [7, 11) is 0. The molecule has 422 valence electrons. The van der Waals surface area contributed by atoms with Crippen LogP contribution >= 0.6 is 0 Å². The van der Waals surface area contributed by atoms with Gasteiger partial charge in [0.25, 0.3) is 0 Å². The zero-order valence-corrected chi connectivity index (χ0v) is 48.9. The van der Waals surface area contributed by atoms with Crippen LogP contribution in [0.5, 0.6) is 5.75 Å². The summed E-state index contributed by atoms with van der Waals surface area (Å²) in [4.78, 5) is 13.3. The molecule has 1 aliphatic carbocycles. The minimum absolute atomic E-state index is 0.111. The molecule has 2 bridgehead atoms. The summed E-state index contributed by atoms with van der Waals surface area (Å²) in [6.07, 6.45) is 27.1. The molecule has 0 radical (unpaired) electrons. The monoisotopic (exact) mass is 1140 g/mol. The van der Waals surface area contributed by atoms with E-state index in [1.165, 1.54) is 10.8 Å². The first-order valence-corrected chi connectivity index (χ1v) is 30.3. The molecule has 6 heterocycles. The van der Waals surface area contributed by atoms with E-state index in [9.17, 15) is 0 Å². The van der Waals surface area contributed by atoms with Gasteiger partial charge in [0.15, 0.2) is 0 Å². The summed E-state index contributed by atoms with van der Waals surface area (Å²) in [6.45, 7) is 2.14. The van der Waals surface area contributed by atoms with Crippen LogP contribution in [0.3, 0.4) is 0 Å². The fourth-order valence-corrected chi connectivity index (χ4v) is 13.2. The highest BCUT2D eigenvalue weighted by molar-refractivity contribution is 6.14. The van der Waals surface area contributed by atoms with Gasteiger partial charge in [-0.25, -0.2) is 0 Å². The molecule has 7 heteroatoms. The van der Waals surface area contributed by atoms with Crippen LogP contribution in [0, 0.1) is 0 Å². The number of fused-ring (bicyclic) bond motifs is 9. The van der Waals surface area contributed by atoms with Gasteiger partial charge >= 0.3 is 0 Å². The van der Waals surface area contributed by atoms with E-state index in [2.05, 4.69) is 274 Å². The highest BCUT2D eigenvalue weighted by atomic mass is 16.5. The molecule has 0 saturated carbocycles. The Morgan fingerprint density at radius 3 is 1.30 bits per heavy atom. The van der Waals surface area contributed by atoms with Gasteiger partial charge in [0.2, 0.25) is 0 Å². The molecule has 2 aliphatic rings. The number of hydrogen-bond donors (Lipinski definition) is 1. The van der Waals surface area contributed by atoms with E-state index in [4.69, 9.17) is 10.5 Å². The maximum Gasteiger partial charge on any atom is 0.131 e. The molecular formula is C82H58N6O. The first kappa shape index (κ1) is 52.9. The average Bonchev–Trinajstić information content (AvgIpc) is 1.67. The number of aromatic nitrogens is 5. The Balaban J connectivity index is 0.831. The minimum atomic E-state index is -0.111. The summed E-state index contributed by atoms with van der Waals surface area (Å²) >= 11 is 0. The normalized spacial score (nSPS) is 13.9. The van der Waals surface area contributed by atoms with Crippen molar-refractivity contribution >= 4 is 54.9 Å². The number of nitrogens with zero attached hydrogens (tertiary/aromatic N) is 5. The predicted octanol–water partition coefficient (Wildman–Crippen LogP) is 20.5. The first-order chi connectivity index (χ1) is 44.0. The van der Waals surface area contributed by atoms with Crippen molar-refractivity contribution in [1.82, 2.24) is 24.1 Å². The second-order valence-electron chi connectivity index (χ2n) is 22.9. The molecule has 0 amide bonds. The van der Waals surface area contributed by atoms with Crippen molar-refractivity contribution in [3.63, 3.8) is 0 Å². The SMILES string of the molecule is CC/C=C\C(=C/N)c1cccc(-c2ccc3c(c2)c2cc(-c4cccc(-c5cccnc5)c4)ccc2n3-c2ccc3c(c2)C2C=C(C=CC(n4c5ccc(-c6cccc(-c7cccnc7)c6)cc5c5cc(-c6cccc(-c7cccnc7)c6)ccc54)=C2)O3)c1. The minimum Gasteiger partial charge on any atom is -0.457 e. The Morgan fingerprint density at radius 1 is 0.427 bits per heavy atom. The smallest absolute Gasteiger partial charge is 0.131 e. The van der Waals surface area contributed by atoms with Gasteiger partial charge < -0.3 is 19.6 Å². The lowest BCUT2D eigenvalue weighted by Crippen LogP contribution is -2.08. The summed E-state index contributed by atoms with van der Waals surface area (Å²) in [5, 5.41) is 4.65. The molecule has 2 N–H and O–H groups in total. The van der Waals surface area contributed by atoms with Crippen molar-refractivity contribution < 1.29 is 4.74 Å². The van der Waals surface area contributed by atoms with Crippen molar-refractivity contribution in [1.29, 1.82) is 0 Å². The molecule has 1 atom stereocenters. The summed E-state index contributed by atoms with van der Waals surface area (Å²) in [5.41, 5.74) is 31.7. The van der Waals surface area contributed by atoms with Gasteiger partial charge in [0.1, 0.15) is 11.5 Å². The molecule has 1 unspecified atom stereocenters. The number of rotatable bonds is 12. The Kier molecular flexibility index (Phi) is 13.2. The standard InChI is InChI=1S/C82H58N6O/c1-2-3-11-65(49-83)57-16-4-12-53(38-57)61-25-32-80-76(44-61)77-47-64(56-15-7-19-60(41-56)68-22-10-37-86-52-68)26-33-81(77)88(80)71-28-34-82-73(48-71)69-42-70(27-29-72(43-69)89-82)87-78-30-23-62(54-13-5-17-58(39-54)66-20-8-35-84-50-66)45-74(78)75-46-63(24-31-79(75)87)55-14-6-18-59(40-55)67-21-9-36-85-51-67/h3-52,69H,2,83H2,1H3/b11-3-,65-49+. The largest absolute Gasteiger partial charge is 0.457 e. The van der Waals surface area contributed by atoms with Gasteiger partial charge in [-0.3, -0.25) is 15.0 Å². The summed E-state index contributed by atoms with van der Waals surface area (Å²) < 4.78 is 11.7. The van der Waals surface area contributed by atoms with Gasteiger partial charge in [-0.05, 0) is 212 Å². The Bertz CT molecular complexity index is 5140. The van der Waals surface area contributed by atoms with Crippen LogP contribution in [0.2, 0.25) is 0 Å². The fourth-order valence-electron chi connectivity index (χ4n) is 13.2. The third-order valence-corrected chi connectivity index (χ3v) is 17.6. The number of ether oxygens (including phenoxy) is 1. The van der Waals surface area contributed by atoms with Crippen molar-refractivity contribution in [2.45, 2.75) is 19.3 Å². The number of nitrogens with two attached hydrogens (primary N) is 1. The molecule has 7 nitrogen and oxygen atoms in total. The quantitative estimate of drug-likeness (QED) is 0.123. The van der Waals surface area contributed by atoms with Gasteiger partial charge in [0, 0.05) is 104 Å². The van der Waals surface area contributed by atoms with Crippen LogP contribution in [0.4, 0.5) is 0 Å². The van der Waals surface area contributed by atoms with Crippen LogP contribution in [0.25, 0.3) is 138 Å². The number of benzene rings is 9. The van der Waals surface area contributed by atoms with E-state index in [0.717, 1.165) is 157 Å². The van der Waals surface area contributed by atoms with E-state index in [-0.39, 0.29) is 5.92 Å². The second-order valence-corrected chi connectivity index (χ2v) is 22.9. The van der Waals surface area contributed by atoms with Crippen LogP contribution in [0.15, 0.2) is 310 Å². The van der Waals surface area contributed by atoms with Gasteiger partial charge in [-0.15, -0.1) is 0 Å². The molecule has 0 spiro atoms. The molecule has 0 saturated heterocycles. The number of hydrogen-bond acceptors (Lipinski definition) is 5. The Hall–Kier alpha value is -11.7. The third-order valence-electron chi connectivity index (χ3n) is 17.6. The van der Waals surface area contributed by atoms with Crippen molar-refractivity contribution in [2.24, 2.45) is 5.73 Å². The lowest BCUT2D eigenvalue weighted by Gasteiger charge is -2.23. The molecule has 9 aromatic carbocycles. The molecule has 14 aromatic rings. The highest BCUT2D eigenvalue weighted by Gasteiger charge is 2.26.